The van der Waals surface area contributed by atoms with Crippen LogP contribution in [0.3, 0.4) is 0 Å². The molecule has 4 aromatic carbocycles. The van der Waals surface area contributed by atoms with Crippen molar-refractivity contribution in [2.75, 3.05) is 0 Å². The van der Waals surface area contributed by atoms with Crippen LogP contribution in [0.2, 0.25) is 0 Å². The van der Waals surface area contributed by atoms with E-state index in [1.807, 2.05) is 48.5 Å². The van der Waals surface area contributed by atoms with Gasteiger partial charge < -0.3 is 20.2 Å². The maximum atomic E-state index is 14.4. The fraction of sp³-hybridized carbons (Fsp3) is 0.147. The van der Waals surface area contributed by atoms with Crippen LogP contribution in [0.25, 0.3) is 11.1 Å². The van der Waals surface area contributed by atoms with Crippen molar-refractivity contribution in [2.24, 2.45) is 0 Å². The number of carbonyl (C=O) groups excluding carboxylic acids is 2. The molecule has 0 fully saturated rings. The molecule has 2 aliphatic carbocycles. The second kappa shape index (κ2) is 10.7. The molecule has 1 atom stereocenters. The molecule has 0 saturated heterocycles. The Morgan fingerprint density at radius 1 is 0.674 bits per heavy atom. The maximum Gasteiger partial charge on any atom is 0.336 e. The van der Waals surface area contributed by atoms with Crippen LogP contribution in [-0.4, -0.2) is 49.8 Å². The Morgan fingerprint density at radius 3 is 1.95 bits per heavy atom. The SMILES string of the molecule is O=C(O)c1cc(C(=O)O)c(C(=O)N(Cc2ccc3c(c2)C(=O)c2ccccc2-3)[C@H]2CCCc3ccccc32)cc1C(=O)O. The quantitative estimate of drug-likeness (QED) is 0.223. The van der Waals surface area contributed by atoms with E-state index in [1.54, 1.807) is 18.2 Å². The Kier molecular flexibility index (Phi) is 6.85. The molecule has 9 heteroatoms. The fourth-order valence-electron chi connectivity index (χ4n) is 6.21. The highest BCUT2D eigenvalue weighted by Gasteiger charge is 2.34. The van der Waals surface area contributed by atoms with E-state index >= 15 is 0 Å². The van der Waals surface area contributed by atoms with E-state index in [-0.39, 0.29) is 12.3 Å². The van der Waals surface area contributed by atoms with Gasteiger partial charge in [0.2, 0.25) is 0 Å². The van der Waals surface area contributed by atoms with Crippen LogP contribution >= 0.6 is 0 Å². The van der Waals surface area contributed by atoms with Gasteiger partial charge in [0, 0.05) is 17.7 Å². The van der Waals surface area contributed by atoms with Crippen LogP contribution in [0.1, 0.15) is 92.9 Å². The highest BCUT2D eigenvalue weighted by molar-refractivity contribution is 6.21. The molecule has 0 saturated carbocycles. The molecule has 214 valence electrons. The van der Waals surface area contributed by atoms with Gasteiger partial charge in [0.15, 0.2) is 5.78 Å². The number of hydrogen-bond donors (Lipinski definition) is 3. The van der Waals surface area contributed by atoms with Gasteiger partial charge in [0.05, 0.1) is 28.3 Å². The average Bonchev–Trinajstić information content (AvgIpc) is 3.29. The van der Waals surface area contributed by atoms with Crippen LogP contribution in [0.5, 0.6) is 0 Å². The number of carbonyl (C=O) groups is 5. The Labute approximate surface area is 245 Å². The van der Waals surface area contributed by atoms with Gasteiger partial charge in [0.25, 0.3) is 5.91 Å². The normalized spacial score (nSPS) is 14.8. The van der Waals surface area contributed by atoms with E-state index in [2.05, 4.69) is 0 Å². The zero-order valence-corrected chi connectivity index (χ0v) is 22.7. The first-order valence-corrected chi connectivity index (χ1v) is 13.7. The van der Waals surface area contributed by atoms with Crippen LogP contribution in [0, 0.1) is 0 Å². The Balaban J connectivity index is 1.48. The number of nitrogens with zero attached hydrogens (tertiary/aromatic N) is 1. The number of hydrogen-bond acceptors (Lipinski definition) is 5. The summed E-state index contributed by atoms with van der Waals surface area (Å²) in [7, 11) is 0. The number of rotatable bonds is 7. The number of ketones is 1. The molecule has 6 rings (SSSR count). The first-order chi connectivity index (χ1) is 20.7. The van der Waals surface area contributed by atoms with Crippen molar-refractivity contribution in [3.05, 3.63) is 129 Å². The number of fused-ring (bicyclic) bond motifs is 4. The molecule has 0 aromatic heterocycles. The molecule has 43 heavy (non-hydrogen) atoms. The lowest BCUT2D eigenvalue weighted by Crippen LogP contribution is -2.37. The summed E-state index contributed by atoms with van der Waals surface area (Å²) in [4.78, 5) is 65.1. The number of amides is 1. The molecule has 0 aliphatic heterocycles. The minimum atomic E-state index is -1.62. The fourth-order valence-corrected chi connectivity index (χ4v) is 6.21. The molecular formula is C34H25NO8. The smallest absolute Gasteiger partial charge is 0.336 e. The lowest BCUT2D eigenvalue weighted by Gasteiger charge is -2.36. The third-order valence-electron chi connectivity index (χ3n) is 8.20. The first-order valence-electron chi connectivity index (χ1n) is 13.7. The Morgan fingerprint density at radius 2 is 1.26 bits per heavy atom. The van der Waals surface area contributed by atoms with Crippen LogP contribution < -0.4 is 0 Å². The van der Waals surface area contributed by atoms with E-state index in [0.717, 1.165) is 47.2 Å². The van der Waals surface area contributed by atoms with Crippen LogP contribution in [0.15, 0.2) is 78.9 Å². The molecule has 0 heterocycles. The van der Waals surface area contributed by atoms with Crippen molar-refractivity contribution in [1.29, 1.82) is 0 Å². The molecule has 0 radical (unpaired) electrons. The summed E-state index contributed by atoms with van der Waals surface area (Å²) >= 11 is 0. The van der Waals surface area contributed by atoms with Crippen molar-refractivity contribution in [1.82, 2.24) is 4.90 Å². The van der Waals surface area contributed by atoms with Crippen molar-refractivity contribution in [2.45, 2.75) is 31.8 Å². The van der Waals surface area contributed by atoms with Crippen LogP contribution in [-0.2, 0) is 13.0 Å². The molecule has 0 bridgehead atoms. The second-order valence-electron chi connectivity index (χ2n) is 10.7. The average molecular weight is 576 g/mol. The lowest BCUT2D eigenvalue weighted by atomic mass is 9.86. The monoisotopic (exact) mass is 575 g/mol. The molecule has 2 aliphatic rings. The van der Waals surface area contributed by atoms with E-state index < -0.39 is 52.1 Å². The van der Waals surface area contributed by atoms with Gasteiger partial charge in [-0.25, -0.2) is 14.4 Å². The van der Waals surface area contributed by atoms with Crippen molar-refractivity contribution in [3.63, 3.8) is 0 Å². The third-order valence-corrected chi connectivity index (χ3v) is 8.20. The number of carboxylic acid groups (broad SMARTS) is 3. The van der Waals surface area contributed by atoms with Crippen molar-refractivity contribution < 1.29 is 39.3 Å². The van der Waals surface area contributed by atoms with E-state index in [4.69, 9.17) is 0 Å². The molecule has 3 N–H and O–H groups in total. The lowest BCUT2D eigenvalue weighted by molar-refractivity contribution is 0.0611. The zero-order chi connectivity index (χ0) is 30.4. The summed E-state index contributed by atoms with van der Waals surface area (Å²) in [6, 6.07) is 21.4. The standard InChI is InChI=1S/C34H25NO8/c36-30-23-10-4-3-9-21(23)22-13-12-18(14-24(22)30)17-35(29-11-5-7-19-6-1-2-8-20(19)29)31(37)25-15-27(33(40)41)28(34(42)43)16-26(25)32(38)39/h1-4,6,8-10,12-16,29H,5,7,11,17H2,(H,38,39)(H,40,41)(H,42,43)/t29-/m0/s1. The number of aryl methyl sites for hydroxylation is 1. The molecule has 0 unspecified atom stereocenters. The highest BCUT2D eigenvalue weighted by atomic mass is 16.4. The van der Waals surface area contributed by atoms with Gasteiger partial charge in [0.1, 0.15) is 0 Å². The van der Waals surface area contributed by atoms with Crippen molar-refractivity contribution >= 4 is 29.6 Å². The summed E-state index contributed by atoms with van der Waals surface area (Å²) in [5.41, 5.74) is 2.82. The molecular weight excluding hydrogens is 550 g/mol. The van der Waals surface area contributed by atoms with Crippen molar-refractivity contribution in [3.8, 4) is 11.1 Å². The predicted molar refractivity (Wildman–Crippen MR) is 155 cm³/mol. The maximum absolute atomic E-state index is 14.4. The van der Waals surface area contributed by atoms with Gasteiger partial charge >= 0.3 is 17.9 Å². The summed E-state index contributed by atoms with van der Waals surface area (Å²) in [5.74, 6) is -5.67. The minimum Gasteiger partial charge on any atom is -0.478 e. The van der Waals surface area contributed by atoms with Gasteiger partial charge in [-0.1, -0.05) is 60.7 Å². The number of benzene rings is 4. The number of aromatic carboxylic acids is 3. The molecule has 9 nitrogen and oxygen atoms in total. The van der Waals surface area contributed by atoms with Gasteiger partial charge in [-0.05, 0) is 65.3 Å². The predicted octanol–water partition coefficient (Wildman–Crippen LogP) is 5.71. The largest absolute Gasteiger partial charge is 0.478 e. The topological polar surface area (TPSA) is 149 Å². The summed E-state index contributed by atoms with van der Waals surface area (Å²) in [6.45, 7) is -0.00309. The van der Waals surface area contributed by atoms with Gasteiger partial charge in [-0.3, -0.25) is 9.59 Å². The molecule has 0 spiro atoms. The first kappa shape index (κ1) is 27.6. The number of carboxylic acids is 3. The summed E-state index contributed by atoms with van der Waals surface area (Å²) < 4.78 is 0. The summed E-state index contributed by atoms with van der Waals surface area (Å²) in [5, 5.41) is 29.2. The highest BCUT2D eigenvalue weighted by Crippen LogP contribution is 2.39. The van der Waals surface area contributed by atoms with Gasteiger partial charge in [-0.15, -0.1) is 0 Å². The van der Waals surface area contributed by atoms with E-state index in [1.165, 1.54) is 4.90 Å². The minimum absolute atomic E-state index is 0.00309. The Bertz CT molecular complexity index is 1870. The van der Waals surface area contributed by atoms with Crippen LogP contribution in [0.4, 0.5) is 0 Å². The Hall–Kier alpha value is -5.57. The van der Waals surface area contributed by atoms with E-state index in [9.17, 15) is 39.3 Å². The summed E-state index contributed by atoms with van der Waals surface area (Å²) in [6.07, 6.45) is 2.13. The van der Waals surface area contributed by atoms with Gasteiger partial charge in [-0.2, -0.15) is 0 Å². The van der Waals surface area contributed by atoms with E-state index in [0.29, 0.717) is 23.1 Å². The zero-order valence-electron chi connectivity index (χ0n) is 22.7. The molecule has 4 aromatic rings. The second-order valence-corrected chi connectivity index (χ2v) is 10.7. The third kappa shape index (κ3) is 4.74. The molecule has 1 amide bonds.